The van der Waals surface area contributed by atoms with Crippen LogP contribution in [0.3, 0.4) is 0 Å². The molecule has 2 aliphatic rings. The van der Waals surface area contributed by atoms with E-state index in [-0.39, 0.29) is 5.54 Å². The average molecular weight is 282 g/mol. The number of nitrogens with one attached hydrogen (secondary N) is 1. The van der Waals surface area contributed by atoms with Crippen LogP contribution in [0.15, 0.2) is 0 Å². The van der Waals surface area contributed by atoms with Gasteiger partial charge in [0.15, 0.2) is 0 Å². The fourth-order valence-corrected chi connectivity index (χ4v) is 3.74. The molecular weight excluding hydrogens is 248 g/mol. The van der Waals surface area contributed by atoms with Crippen molar-refractivity contribution in [1.82, 2.24) is 10.2 Å². The summed E-state index contributed by atoms with van der Waals surface area (Å²) < 4.78 is 5.78. The van der Waals surface area contributed by atoms with Gasteiger partial charge in [0, 0.05) is 31.8 Å². The molecule has 2 fully saturated rings. The lowest BCUT2D eigenvalue weighted by molar-refractivity contribution is 0.0637. The quantitative estimate of drug-likeness (QED) is 0.810. The Morgan fingerprint density at radius 1 is 1.20 bits per heavy atom. The van der Waals surface area contributed by atoms with Crippen LogP contribution in [-0.2, 0) is 4.74 Å². The van der Waals surface area contributed by atoms with Crippen molar-refractivity contribution < 1.29 is 4.74 Å². The van der Waals surface area contributed by atoms with E-state index in [1.807, 2.05) is 0 Å². The van der Waals surface area contributed by atoms with Crippen molar-refractivity contribution in [3.8, 4) is 0 Å². The van der Waals surface area contributed by atoms with Crippen LogP contribution in [0.4, 0.5) is 0 Å². The highest BCUT2D eigenvalue weighted by molar-refractivity contribution is 4.91. The number of hydrogen-bond donors (Lipinski definition) is 1. The molecule has 0 aromatic rings. The molecular formula is C17H34N2O. The van der Waals surface area contributed by atoms with Gasteiger partial charge in [-0.3, -0.25) is 0 Å². The molecule has 1 saturated heterocycles. The zero-order chi connectivity index (χ0) is 14.6. The average Bonchev–Trinajstić information content (AvgIpc) is 2.98. The van der Waals surface area contributed by atoms with Crippen LogP contribution in [0.2, 0.25) is 0 Å². The largest absolute Gasteiger partial charge is 0.377 e. The third-order valence-corrected chi connectivity index (χ3v) is 4.80. The number of rotatable bonds is 6. The van der Waals surface area contributed by atoms with Gasteiger partial charge in [-0.25, -0.2) is 0 Å². The summed E-state index contributed by atoms with van der Waals surface area (Å²) in [5.74, 6) is 0. The van der Waals surface area contributed by atoms with Crippen LogP contribution >= 0.6 is 0 Å². The summed E-state index contributed by atoms with van der Waals surface area (Å²) in [6, 6.07) is 0. The van der Waals surface area contributed by atoms with Crippen molar-refractivity contribution in [2.45, 2.75) is 70.9 Å². The Labute approximate surface area is 125 Å². The minimum atomic E-state index is 0.225. The first-order valence-corrected chi connectivity index (χ1v) is 8.44. The van der Waals surface area contributed by atoms with Crippen molar-refractivity contribution >= 4 is 0 Å². The van der Waals surface area contributed by atoms with Gasteiger partial charge in [-0.2, -0.15) is 0 Å². The third-order valence-electron chi connectivity index (χ3n) is 4.80. The summed E-state index contributed by atoms with van der Waals surface area (Å²) in [6.45, 7) is 11.3. The van der Waals surface area contributed by atoms with Crippen LogP contribution < -0.4 is 5.32 Å². The topological polar surface area (TPSA) is 24.5 Å². The van der Waals surface area contributed by atoms with E-state index in [1.165, 1.54) is 45.1 Å². The van der Waals surface area contributed by atoms with E-state index in [0.29, 0.717) is 11.5 Å². The van der Waals surface area contributed by atoms with Crippen LogP contribution in [0, 0.1) is 5.41 Å². The molecule has 0 spiro atoms. The smallest absolute Gasteiger partial charge is 0.0702 e. The number of nitrogens with zero attached hydrogens (tertiary/aromatic N) is 1. The Morgan fingerprint density at radius 3 is 2.45 bits per heavy atom. The van der Waals surface area contributed by atoms with Crippen molar-refractivity contribution in [3.63, 3.8) is 0 Å². The number of likely N-dealkylation sites (N-methyl/N-ethyl adjacent to an activating group) is 1. The van der Waals surface area contributed by atoms with Gasteiger partial charge in [0.05, 0.1) is 6.10 Å². The summed E-state index contributed by atoms with van der Waals surface area (Å²) >= 11 is 0. The second-order valence-electron chi connectivity index (χ2n) is 8.14. The normalized spacial score (nSPS) is 26.6. The van der Waals surface area contributed by atoms with Crippen LogP contribution in [0.5, 0.6) is 0 Å². The molecule has 1 unspecified atom stereocenters. The monoisotopic (exact) mass is 282 g/mol. The van der Waals surface area contributed by atoms with Gasteiger partial charge in [-0.05, 0) is 58.9 Å². The first-order chi connectivity index (χ1) is 9.39. The predicted molar refractivity (Wildman–Crippen MR) is 85.1 cm³/mol. The Balaban J connectivity index is 1.84. The highest BCUT2D eigenvalue weighted by Gasteiger charge is 2.36. The van der Waals surface area contributed by atoms with Crippen molar-refractivity contribution in [2.75, 3.05) is 33.3 Å². The molecule has 3 heteroatoms. The third kappa shape index (κ3) is 5.01. The van der Waals surface area contributed by atoms with E-state index in [9.17, 15) is 0 Å². The zero-order valence-corrected chi connectivity index (χ0v) is 14.0. The molecule has 1 aliphatic carbocycles. The second-order valence-corrected chi connectivity index (χ2v) is 8.14. The molecule has 1 atom stereocenters. The van der Waals surface area contributed by atoms with Gasteiger partial charge in [0.25, 0.3) is 0 Å². The minimum Gasteiger partial charge on any atom is -0.377 e. The van der Waals surface area contributed by atoms with Crippen molar-refractivity contribution in [1.29, 1.82) is 0 Å². The first kappa shape index (κ1) is 16.3. The molecule has 0 radical (unpaired) electrons. The lowest BCUT2D eigenvalue weighted by Crippen LogP contribution is -2.48. The zero-order valence-electron chi connectivity index (χ0n) is 14.0. The molecule has 3 nitrogen and oxygen atoms in total. The lowest BCUT2D eigenvalue weighted by atomic mass is 9.84. The van der Waals surface area contributed by atoms with E-state index in [4.69, 9.17) is 4.74 Å². The Kier molecular flexibility index (Phi) is 5.49. The van der Waals surface area contributed by atoms with Gasteiger partial charge in [0.2, 0.25) is 0 Å². The molecule has 0 amide bonds. The Morgan fingerprint density at radius 2 is 1.90 bits per heavy atom. The summed E-state index contributed by atoms with van der Waals surface area (Å²) in [6.07, 6.45) is 8.54. The lowest BCUT2D eigenvalue weighted by Gasteiger charge is -2.37. The fourth-order valence-electron chi connectivity index (χ4n) is 3.74. The van der Waals surface area contributed by atoms with Crippen LogP contribution in [0.25, 0.3) is 0 Å². The summed E-state index contributed by atoms with van der Waals surface area (Å²) in [7, 11) is 2.28. The molecule has 20 heavy (non-hydrogen) atoms. The molecule has 1 saturated carbocycles. The van der Waals surface area contributed by atoms with Gasteiger partial charge in [-0.1, -0.05) is 12.8 Å². The molecule has 2 rings (SSSR count). The first-order valence-electron chi connectivity index (χ1n) is 8.44. The van der Waals surface area contributed by atoms with Gasteiger partial charge < -0.3 is 15.0 Å². The van der Waals surface area contributed by atoms with Crippen LogP contribution in [-0.4, -0.2) is 49.8 Å². The standard InChI is InChI=1S/C17H34N2O/c1-16(2,3)18-13-17(9-5-6-10-17)14-19(4)12-15-8-7-11-20-15/h15,18H,5-14H2,1-4H3. The number of hydrogen-bond acceptors (Lipinski definition) is 3. The number of ether oxygens (including phenoxy) is 1. The fraction of sp³-hybridized carbons (Fsp3) is 1.00. The SMILES string of the molecule is CN(CC1CCCO1)CC1(CNC(C)(C)C)CCCC1. The molecule has 1 heterocycles. The molecule has 1 aliphatic heterocycles. The maximum absolute atomic E-state index is 5.78. The molecule has 1 N–H and O–H groups in total. The van der Waals surface area contributed by atoms with E-state index in [1.54, 1.807) is 0 Å². The van der Waals surface area contributed by atoms with Crippen LogP contribution in [0.1, 0.15) is 59.3 Å². The van der Waals surface area contributed by atoms with E-state index in [0.717, 1.165) is 19.7 Å². The van der Waals surface area contributed by atoms with E-state index in [2.05, 4.69) is 38.0 Å². The second kappa shape index (κ2) is 6.76. The van der Waals surface area contributed by atoms with Gasteiger partial charge >= 0.3 is 0 Å². The molecule has 0 aromatic carbocycles. The van der Waals surface area contributed by atoms with Gasteiger partial charge in [-0.15, -0.1) is 0 Å². The summed E-state index contributed by atoms with van der Waals surface area (Å²) in [5.41, 5.74) is 0.712. The maximum atomic E-state index is 5.78. The van der Waals surface area contributed by atoms with E-state index < -0.39 is 0 Å². The Hall–Kier alpha value is -0.120. The highest BCUT2D eigenvalue weighted by Crippen LogP contribution is 2.38. The van der Waals surface area contributed by atoms with E-state index >= 15 is 0 Å². The molecule has 0 bridgehead atoms. The maximum Gasteiger partial charge on any atom is 0.0702 e. The predicted octanol–water partition coefficient (Wildman–Crippen LogP) is 3.05. The summed E-state index contributed by atoms with van der Waals surface area (Å²) in [4.78, 5) is 2.52. The van der Waals surface area contributed by atoms with Crippen molar-refractivity contribution in [2.24, 2.45) is 5.41 Å². The Bertz CT molecular complexity index is 286. The van der Waals surface area contributed by atoms with Gasteiger partial charge in [0.1, 0.15) is 0 Å². The van der Waals surface area contributed by atoms with Crippen molar-refractivity contribution in [3.05, 3.63) is 0 Å². The summed E-state index contributed by atoms with van der Waals surface area (Å²) in [5, 5.41) is 3.75. The minimum absolute atomic E-state index is 0.225. The highest BCUT2D eigenvalue weighted by atomic mass is 16.5. The molecule has 0 aromatic heterocycles. The molecule has 118 valence electrons.